The molecule has 0 saturated carbocycles. The Labute approximate surface area is 457 Å². The van der Waals surface area contributed by atoms with Crippen molar-refractivity contribution in [3.8, 4) is 79.6 Å². The van der Waals surface area contributed by atoms with Crippen LogP contribution in [0.15, 0.2) is 134 Å². The average molecular weight is 1020 g/mol. The molecule has 6 aromatic heterocycles. The van der Waals surface area contributed by atoms with E-state index in [2.05, 4.69) is 72.3 Å². The van der Waals surface area contributed by atoms with Crippen LogP contribution in [0.5, 0.6) is 11.8 Å². The highest BCUT2D eigenvalue weighted by Gasteiger charge is 2.15. The molecule has 6 heterocycles. The summed E-state index contributed by atoms with van der Waals surface area (Å²) in [5.74, 6) is 1.25. The third-order valence-corrected chi connectivity index (χ3v) is 14.5. The molecule has 0 unspecified atom stereocenters. The second-order valence-electron chi connectivity index (χ2n) is 20.9. The van der Waals surface area contributed by atoms with Gasteiger partial charge in [0.05, 0.1) is 58.8 Å². The number of pyridine rings is 6. The highest BCUT2D eigenvalue weighted by molar-refractivity contribution is 5.79. The van der Waals surface area contributed by atoms with Gasteiger partial charge in [-0.2, -0.15) is 0 Å². The van der Waals surface area contributed by atoms with Gasteiger partial charge in [0.1, 0.15) is 0 Å². The molecular formula is C68H88N6O2. The first kappa shape index (κ1) is 57.4. The molecule has 402 valence electrons. The molecule has 0 N–H and O–H groups in total. The van der Waals surface area contributed by atoms with Crippen molar-refractivity contribution in [3.05, 3.63) is 134 Å². The first-order chi connectivity index (χ1) is 37.7. The van der Waals surface area contributed by atoms with Crippen molar-refractivity contribution in [2.75, 3.05) is 13.2 Å². The van der Waals surface area contributed by atoms with E-state index < -0.39 is 0 Å². The fourth-order valence-electron chi connectivity index (χ4n) is 10.0. The molecule has 0 fully saturated rings. The SMILES string of the molecule is CCCCCCCCCCCCCCCCOc1cccc(-c2cc(-c3ccc(-c4cc(-c5ccccn5)nc(-c5cccc(OCCCCCCCCCCCCCCCC)n5)c4)cc3)cc(-c3ccccn3)n2)n1. The molecule has 7 aromatic rings. The monoisotopic (exact) mass is 1020 g/mol. The van der Waals surface area contributed by atoms with Gasteiger partial charge in [0.15, 0.2) is 0 Å². The average Bonchev–Trinajstić information content (AvgIpc) is 3.48. The second kappa shape index (κ2) is 34.4. The lowest BCUT2D eigenvalue weighted by atomic mass is 9.98. The Hall–Kier alpha value is -6.28. The Kier molecular flexibility index (Phi) is 26.0. The molecule has 0 aliphatic heterocycles. The molecular weight excluding hydrogens is 933 g/mol. The van der Waals surface area contributed by atoms with Crippen LogP contribution in [0.2, 0.25) is 0 Å². The molecule has 0 spiro atoms. The Morgan fingerprint density at radius 3 is 0.882 bits per heavy atom. The van der Waals surface area contributed by atoms with Crippen LogP contribution in [0.4, 0.5) is 0 Å². The fourth-order valence-corrected chi connectivity index (χ4v) is 10.0. The van der Waals surface area contributed by atoms with E-state index in [9.17, 15) is 0 Å². The van der Waals surface area contributed by atoms with E-state index >= 15 is 0 Å². The lowest BCUT2D eigenvalue weighted by Crippen LogP contribution is -2.00. The third kappa shape index (κ3) is 20.3. The molecule has 7 rings (SSSR count). The van der Waals surface area contributed by atoms with E-state index in [-0.39, 0.29) is 0 Å². The number of hydrogen-bond acceptors (Lipinski definition) is 8. The summed E-state index contributed by atoms with van der Waals surface area (Å²) in [5, 5.41) is 0. The molecule has 1 aromatic carbocycles. The highest BCUT2D eigenvalue weighted by Crippen LogP contribution is 2.34. The van der Waals surface area contributed by atoms with Crippen LogP contribution in [0.25, 0.3) is 67.8 Å². The Bertz CT molecular complexity index is 2470. The third-order valence-electron chi connectivity index (χ3n) is 14.5. The predicted molar refractivity (Wildman–Crippen MR) is 317 cm³/mol. The summed E-state index contributed by atoms with van der Waals surface area (Å²) in [5.41, 5.74) is 10.4. The van der Waals surface area contributed by atoms with Gasteiger partial charge in [-0.15, -0.1) is 0 Å². The summed E-state index contributed by atoms with van der Waals surface area (Å²) in [6, 6.07) is 40.9. The van der Waals surface area contributed by atoms with Crippen LogP contribution < -0.4 is 9.47 Å². The summed E-state index contributed by atoms with van der Waals surface area (Å²) in [6.45, 7) is 5.90. The Morgan fingerprint density at radius 2 is 0.566 bits per heavy atom. The number of aromatic nitrogens is 6. The van der Waals surface area contributed by atoms with E-state index in [1.54, 1.807) is 0 Å². The number of nitrogens with zero attached hydrogens (tertiary/aromatic N) is 6. The van der Waals surface area contributed by atoms with Crippen LogP contribution in [-0.2, 0) is 0 Å². The number of ether oxygens (including phenoxy) is 2. The van der Waals surface area contributed by atoms with E-state index in [1.807, 2.05) is 85.2 Å². The van der Waals surface area contributed by atoms with Crippen LogP contribution in [0, 0.1) is 0 Å². The van der Waals surface area contributed by atoms with Crippen LogP contribution in [-0.4, -0.2) is 43.1 Å². The maximum absolute atomic E-state index is 6.22. The van der Waals surface area contributed by atoms with E-state index in [1.165, 1.54) is 167 Å². The Morgan fingerprint density at radius 1 is 0.263 bits per heavy atom. The standard InChI is InChI=1S/C68H88N6O2/c1-3-5-7-9-11-13-15-17-19-21-23-25-27-33-49-75-67-41-35-39-61(73-67)65-53-57(51-63(71-65)59-37-29-31-47-69-59)55-43-45-56(46-44-55)58-52-64(60-38-30-32-48-70-60)72-66(54-58)62-40-36-42-68(74-62)76-50-34-28-26-24-22-20-18-16-14-12-10-8-6-4-2/h29-32,35-48,51-54H,3-28,33-34,49-50H2,1-2H3. The van der Waals surface area contributed by atoms with Crippen LogP contribution in [0.3, 0.4) is 0 Å². The summed E-state index contributed by atoms with van der Waals surface area (Å²) in [4.78, 5) is 29.5. The van der Waals surface area contributed by atoms with Crippen molar-refractivity contribution in [2.24, 2.45) is 0 Å². The van der Waals surface area contributed by atoms with Crippen molar-refractivity contribution >= 4 is 0 Å². The molecule has 0 bridgehead atoms. The topological polar surface area (TPSA) is 95.8 Å². The second-order valence-corrected chi connectivity index (χ2v) is 20.9. The minimum Gasteiger partial charge on any atom is -0.478 e. The van der Waals surface area contributed by atoms with Crippen LogP contribution >= 0.6 is 0 Å². The molecule has 0 amide bonds. The molecule has 8 heteroatoms. The quantitative estimate of drug-likeness (QED) is 0.0353. The molecule has 0 aliphatic rings. The smallest absolute Gasteiger partial charge is 0.213 e. The summed E-state index contributed by atoms with van der Waals surface area (Å²) >= 11 is 0. The van der Waals surface area contributed by atoms with Gasteiger partial charge >= 0.3 is 0 Å². The molecule has 76 heavy (non-hydrogen) atoms. The van der Waals surface area contributed by atoms with Crippen molar-refractivity contribution < 1.29 is 9.47 Å². The zero-order valence-corrected chi connectivity index (χ0v) is 46.4. The zero-order valence-electron chi connectivity index (χ0n) is 46.4. The maximum atomic E-state index is 6.22. The first-order valence-electron chi connectivity index (χ1n) is 29.8. The van der Waals surface area contributed by atoms with Crippen molar-refractivity contribution in [1.29, 1.82) is 0 Å². The largest absolute Gasteiger partial charge is 0.478 e. The predicted octanol–water partition coefficient (Wildman–Crippen LogP) is 19.8. The van der Waals surface area contributed by atoms with Gasteiger partial charge in [-0.1, -0.05) is 229 Å². The van der Waals surface area contributed by atoms with Gasteiger partial charge in [-0.25, -0.2) is 19.9 Å². The van der Waals surface area contributed by atoms with E-state index in [0.29, 0.717) is 25.0 Å². The summed E-state index contributed by atoms with van der Waals surface area (Å²) in [6.07, 6.45) is 41.0. The van der Waals surface area contributed by atoms with Gasteiger partial charge < -0.3 is 9.47 Å². The van der Waals surface area contributed by atoms with Gasteiger partial charge in [0, 0.05) is 24.5 Å². The lowest BCUT2D eigenvalue weighted by molar-refractivity contribution is 0.293. The Balaban J connectivity index is 0.957. The summed E-state index contributed by atoms with van der Waals surface area (Å²) in [7, 11) is 0. The molecule has 0 radical (unpaired) electrons. The number of hydrogen-bond donors (Lipinski definition) is 0. The first-order valence-corrected chi connectivity index (χ1v) is 29.8. The van der Waals surface area contributed by atoms with E-state index in [4.69, 9.17) is 29.4 Å². The lowest BCUT2D eigenvalue weighted by Gasteiger charge is -2.12. The van der Waals surface area contributed by atoms with Crippen molar-refractivity contribution in [1.82, 2.24) is 29.9 Å². The molecule has 0 aliphatic carbocycles. The normalized spacial score (nSPS) is 11.3. The van der Waals surface area contributed by atoms with Crippen LogP contribution in [0.1, 0.15) is 194 Å². The minimum atomic E-state index is 0.625. The van der Waals surface area contributed by atoms with Gasteiger partial charge in [-0.3, -0.25) is 9.97 Å². The van der Waals surface area contributed by atoms with Gasteiger partial charge in [0.25, 0.3) is 0 Å². The number of unbranched alkanes of at least 4 members (excludes halogenated alkanes) is 26. The van der Waals surface area contributed by atoms with Crippen molar-refractivity contribution in [2.45, 2.75) is 194 Å². The molecule has 0 saturated heterocycles. The highest BCUT2D eigenvalue weighted by atomic mass is 16.5. The molecule has 0 atom stereocenters. The molecule has 8 nitrogen and oxygen atoms in total. The number of benzene rings is 1. The fraction of sp³-hybridized carbons (Fsp3) is 0.471. The summed E-state index contributed by atoms with van der Waals surface area (Å²) < 4.78 is 12.4. The van der Waals surface area contributed by atoms with Gasteiger partial charge in [-0.05, 0) is 95.8 Å². The van der Waals surface area contributed by atoms with Gasteiger partial charge in [0.2, 0.25) is 11.8 Å². The minimum absolute atomic E-state index is 0.625. The maximum Gasteiger partial charge on any atom is 0.213 e. The van der Waals surface area contributed by atoms with E-state index in [0.717, 1.165) is 80.6 Å². The van der Waals surface area contributed by atoms with Crippen molar-refractivity contribution in [3.63, 3.8) is 0 Å². The number of rotatable bonds is 38. The zero-order chi connectivity index (χ0) is 52.5.